The first kappa shape index (κ1) is 28.9. The maximum absolute atomic E-state index is 13.3. The highest BCUT2D eigenvalue weighted by Crippen LogP contribution is 2.46. The first-order valence-corrected chi connectivity index (χ1v) is 11.5. The number of ether oxygens (including phenoxy) is 3. The zero-order valence-corrected chi connectivity index (χ0v) is 21.0. The molecule has 0 saturated carbocycles. The number of aliphatic carboxylic acids is 1. The normalized spacial score (nSPS) is 11.9. The third kappa shape index (κ3) is 6.99. The molecule has 0 spiro atoms. The molecular weight excluding hydrogens is 557 g/mol. The Labute approximate surface area is 223 Å². The minimum absolute atomic E-state index is 0.246. The van der Waals surface area contributed by atoms with Crippen LogP contribution in [0, 0.1) is 18.6 Å². The van der Waals surface area contributed by atoms with Gasteiger partial charge >= 0.3 is 12.6 Å². The van der Waals surface area contributed by atoms with Crippen LogP contribution in [-0.2, 0) is 4.79 Å². The second-order valence-corrected chi connectivity index (χ2v) is 8.41. The minimum Gasteiger partial charge on any atom is -0.486 e. The van der Waals surface area contributed by atoms with E-state index in [1.807, 2.05) is 24.4 Å². The highest BCUT2D eigenvalue weighted by molar-refractivity contribution is 6.39. The summed E-state index contributed by atoms with van der Waals surface area (Å²) in [7, 11) is 0. The molecule has 0 aliphatic carbocycles. The summed E-state index contributed by atoms with van der Waals surface area (Å²) in [6.07, 6.45) is 0. The number of fused-ring (bicyclic) bond motifs is 1. The number of alkyl halides is 2. The number of benzene rings is 3. The molecule has 38 heavy (non-hydrogen) atoms. The van der Waals surface area contributed by atoms with Crippen molar-refractivity contribution in [3.63, 3.8) is 0 Å². The summed E-state index contributed by atoms with van der Waals surface area (Å²) >= 11 is 12.3. The van der Waals surface area contributed by atoms with Crippen LogP contribution in [0.25, 0.3) is 11.1 Å². The standard InChI is InChI=1S/C15H11Cl2FO2.C10H8F3NO4/c1-8-2-3-10(15-14(8)19-4-5-20-15)13-11(16)6-9(18)7-12(13)17;11-5-2-1-3-6(18-10(12)13)8(5)9(17)14-4-7(15)16/h2-3,6-7H,4-5H2,1H3;1-3,10H,4H2,(H,14,17)(H,15,16). The second-order valence-electron chi connectivity index (χ2n) is 7.60. The lowest BCUT2D eigenvalue weighted by Crippen LogP contribution is -2.30. The number of nitrogens with one attached hydrogen (secondary N) is 1. The van der Waals surface area contributed by atoms with Crippen molar-refractivity contribution in [3.8, 4) is 28.4 Å². The van der Waals surface area contributed by atoms with E-state index in [4.69, 9.17) is 37.8 Å². The minimum atomic E-state index is -3.22. The number of hydrogen-bond acceptors (Lipinski definition) is 5. The average molecular weight is 576 g/mol. The largest absolute Gasteiger partial charge is 0.486 e. The van der Waals surface area contributed by atoms with Gasteiger partial charge in [-0.1, -0.05) is 41.4 Å². The van der Waals surface area contributed by atoms with Crippen LogP contribution in [0.1, 0.15) is 15.9 Å². The molecular formula is C25H19Cl2F4NO6. The fourth-order valence-corrected chi connectivity index (χ4v) is 4.09. The highest BCUT2D eigenvalue weighted by Gasteiger charge is 2.23. The van der Waals surface area contributed by atoms with Crippen LogP contribution in [-0.4, -0.2) is 43.4 Å². The van der Waals surface area contributed by atoms with E-state index in [1.54, 1.807) is 0 Å². The molecule has 13 heteroatoms. The van der Waals surface area contributed by atoms with Gasteiger partial charge in [-0.05, 0) is 36.8 Å². The van der Waals surface area contributed by atoms with Crippen molar-refractivity contribution in [2.75, 3.05) is 19.8 Å². The molecule has 0 atom stereocenters. The monoisotopic (exact) mass is 575 g/mol. The molecule has 1 heterocycles. The Bertz CT molecular complexity index is 1330. The lowest BCUT2D eigenvalue weighted by molar-refractivity contribution is -0.135. The first-order valence-electron chi connectivity index (χ1n) is 10.8. The predicted molar refractivity (Wildman–Crippen MR) is 131 cm³/mol. The third-order valence-corrected chi connectivity index (χ3v) is 5.58. The van der Waals surface area contributed by atoms with E-state index in [1.165, 1.54) is 12.1 Å². The molecule has 1 aliphatic heterocycles. The molecule has 1 aliphatic rings. The molecule has 0 saturated heterocycles. The number of carbonyl (C=O) groups is 2. The molecule has 2 N–H and O–H groups in total. The summed E-state index contributed by atoms with van der Waals surface area (Å²) in [4.78, 5) is 21.7. The fraction of sp³-hybridized carbons (Fsp3) is 0.200. The molecule has 7 nitrogen and oxygen atoms in total. The van der Waals surface area contributed by atoms with Gasteiger partial charge in [-0.2, -0.15) is 8.78 Å². The quantitative estimate of drug-likeness (QED) is 0.344. The van der Waals surface area contributed by atoms with E-state index in [-0.39, 0.29) is 10.0 Å². The van der Waals surface area contributed by atoms with E-state index in [0.29, 0.717) is 35.8 Å². The van der Waals surface area contributed by atoms with Gasteiger partial charge in [-0.3, -0.25) is 9.59 Å². The Morgan fingerprint density at radius 3 is 2.29 bits per heavy atom. The van der Waals surface area contributed by atoms with E-state index in [0.717, 1.165) is 23.8 Å². The Hall–Kier alpha value is -3.70. The molecule has 202 valence electrons. The Kier molecular flexibility index (Phi) is 9.65. The van der Waals surface area contributed by atoms with Crippen LogP contribution in [0.15, 0.2) is 42.5 Å². The number of carboxylic acid groups (broad SMARTS) is 1. The highest BCUT2D eigenvalue weighted by atomic mass is 35.5. The number of halogens is 6. The summed E-state index contributed by atoms with van der Waals surface area (Å²) in [5.74, 6) is -3.43. The van der Waals surface area contributed by atoms with Crippen LogP contribution in [0.2, 0.25) is 10.0 Å². The molecule has 0 bridgehead atoms. The molecule has 1 amide bonds. The van der Waals surface area contributed by atoms with Gasteiger partial charge in [0.1, 0.15) is 42.7 Å². The topological polar surface area (TPSA) is 94.1 Å². The number of hydrogen-bond donors (Lipinski definition) is 2. The molecule has 3 aromatic carbocycles. The van der Waals surface area contributed by atoms with Gasteiger partial charge in [0, 0.05) is 11.1 Å². The SMILES string of the molecule is Cc1ccc(-c2c(Cl)cc(F)cc2Cl)c2c1OCCO2.O=C(O)CNC(=O)c1c(F)cccc1OC(F)F. The number of carboxylic acids is 1. The second kappa shape index (κ2) is 12.7. The summed E-state index contributed by atoms with van der Waals surface area (Å²) < 4.78 is 66.0. The number of rotatable bonds is 6. The first-order chi connectivity index (χ1) is 18.0. The molecule has 0 radical (unpaired) electrons. The maximum Gasteiger partial charge on any atom is 0.387 e. The van der Waals surface area contributed by atoms with Crippen molar-refractivity contribution >= 4 is 35.1 Å². The Morgan fingerprint density at radius 1 is 1.05 bits per heavy atom. The average Bonchev–Trinajstić information content (AvgIpc) is 2.84. The zero-order valence-electron chi connectivity index (χ0n) is 19.5. The van der Waals surface area contributed by atoms with Crippen LogP contribution >= 0.6 is 23.2 Å². The van der Waals surface area contributed by atoms with E-state index >= 15 is 0 Å². The van der Waals surface area contributed by atoms with E-state index < -0.39 is 48.0 Å². The summed E-state index contributed by atoms with van der Waals surface area (Å²) in [6.45, 7) is -1.09. The third-order valence-electron chi connectivity index (χ3n) is 4.98. The fourth-order valence-electron chi connectivity index (χ4n) is 3.43. The summed E-state index contributed by atoms with van der Waals surface area (Å²) in [5.41, 5.74) is 1.47. The molecule has 0 fully saturated rings. The van der Waals surface area contributed by atoms with E-state index in [9.17, 15) is 27.2 Å². The number of amides is 1. The van der Waals surface area contributed by atoms with Gasteiger partial charge in [0.25, 0.3) is 5.91 Å². The Balaban J connectivity index is 0.000000212. The zero-order chi connectivity index (χ0) is 28.0. The van der Waals surface area contributed by atoms with Crippen molar-refractivity contribution in [2.24, 2.45) is 0 Å². The summed E-state index contributed by atoms with van der Waals surface area (Å²) in [5, 5.41) is 10.7. The van der Waals surface area contributed by atoms with Crippen molar-refractivity contribution in [1.82, 2.24) is 5.32 Å². The lowest BCUT2D eigenvalue weighted by atomic mass is 10.0. The van der Waals surface area contributed by atoms with Gasteiger partial charge in [0.2, 0.25) is 0 Å². The predicted octanol–water partition coefficient (Wildman–Crippen LogP) is 6.12. The van der Waals surface area contributed by atoms with Gasteiger partial charge in [0.05, 0.1) is 10.0 Å². The summed E-state index contributed by atoms with van der Waals surface area (Å²) in [6, 6.07) is 9.16. The Morgan fingerprint density at radius 2 is 1.68 bits per heavy atom. The maximum atomic E-state index is 13.3. The molecule has 0 unspecified atom stereocenters. The smallest absolute Gasteiger partial charge is 0.387 e. The molecule has 3 aromatic rings. The van der Waals surface area contributed by atoms with E-state index in [2.05, 4.69) is 4.74 Å². The van der Waals surface area contributed by atoms with Crippen molar-refractivity contribution in [2.45, 2.75) is 13.5 Å². The van der Waals surface area contributed by atoms with Gasteiger partial charge in [-0.15, -0.1) is 0 Å². The van der Waals surface area contributed by atoms with Gasteiger partial charge in [0.15, 0.2) is 11.5 Å². The number of aryl methyl sites for hydroxylation is 1. The van der Waals surface area contributed by atoms with Crippen LogP contribution < -0.4 is 19.5 Å². The van der Waals surface area contributed by atoms with Crippen LogP contribution in [0.3, 0.4) is 0 Å². The van der Waals surface area contributed by atoms with Gasteiger partial charge < -0.3 is 24.6 Å². The van der Waals surface area contributed by atoms with Crippen molar-refractivity contribution < 1.29 is 46.5 Å². The van der Waals surface area contributed by atoms with Crippen molar-refractivity contribution in [1.29, 1.82) is 0 Å². The van der Waals surface area contributed by atoms with Crippen LogP contribution in [0.4, 0.5) is 17.6 Å². The lowest BCUT2D eigenvalue weighted by Gasteiger charge is -2.23. The van der Waals surface area contributed by atoms with Gasteiger partial charge in [-0.25, -0.2) is 8.78 Å². The van der Waals surface area contributed by atoms with Crippen molar-refractivity contribution in [3.05, 3.63) is 75.3 Å². The number of carbonyl (C=O) groups excluding carboxylic acids is 1. The van der Waals surface area contributed by atoms with Crippen LogP contribution in [0.5, 0.6) is 17.2 Å². The molecule has 0 aromatic heterocycles. The molecule has 4 rings (SSSR count).